The van der Waals surface area contributed by atoms with Crippen LogP contribution in [-0.4, -0.2) is 44.0 Å². The first-order valence-corrected chi connectivity index (χ1v) is 9.47. The molecule has 0 atom stereocenters. The number of hydrogen-bond acceptors (Lipinski definition) is 4. The Bertz CT molecular complexity index is 555. The third-order valence-electron chi connectivity index (χ3n) is 4.23. The van der Waals surface area contributed by atoms with Crippen LogP contribution in [0.5, 0.6) is 11.5 Å². The van der Waals surface area contributed by atoms with Crippen LogP contribution in [0.15, 0.2) is 23.2 Å². The first kappa shape index (κ1) is 22.1. The molecule has 1 aromatic carbocycles. The summed E-state index contributed by atoms with van der Waals surface area (Å²) in [5.74, 6) is 2.10. The van der Waals surface area contributed by atoms with Crippen molar-refractivity contribution in [1.29, 1.82) is 0 Å². The smallest absolute Gasteiger partial charge is 0.191 e. The summed E-state index contributed by atoms with van der Waals surface area (Å²) in [6.07, 6.45) is 3.47. The summed E-state index contributed by atoms with van der Waals surface area (Å²) >= 11 is 0. The summed E-state index contributed by atoms with van der Waals surface area (Å²) < 4.78 is 10.6. The first-order valence-electron chi connectivity index (χ1n) is 9.47. The van der Waals surface area contributed by atoms with Crippen molar-refractivity contribution >= 4 is 5.96 Å². The van der Waals surface area contributed by atoms with E-state index in [1.54, 1.807) is 14.2 Å². The number of aliphatic hydroxyl groups is 1. The highest BCUT2D eigenvalue weighted by Crippen LogP contribution is 2.27. The minimum Gasteiger partial charge on any atom is -0.493 e. The quantitative estimate of drug-likeness (QED) is 0.415. The summed E-state index contributed by atoms with van der Waals surface area (Å²) in [5.41, 5.74) is 0.334. The van der Waals surface area contributed by atoms with Gasteiger partial charge in [-0.2, -0.15) is 0 Å². The second-order valence-electron chi connectivity index (χ2n) is 6.46. The lowest BCUT2D eigenvalue weighted by Gasteiger charge is -2.28. The third-order valence-corrected chi connectivity index (χ3v) is 4.23. The molecule has 0 aromatic heterocycles. The summed E-state index contributed by atoms with van der Waals surface area (Å²) in [4.78, 5) is 4.62. The molecular formula is C20H35N3O3. The van der Waals surface area contributed by atoms with E-state index >= 15 is 0 Å². The average molecular weight is 366 g/mol. The maximum atomic E-state index is 10.8. The number of hydrogen-bond donors (Lipinski definition) is 3. The Morgan fingerprint density at radius 1 is 1.04 bits per heavy atom. The molecule has 6 nitrogen and oxygen atoms in total. The van der Waals surface area contributed by atoms with Gasteiger partial charge >= 0.3 is 0 Å². The zero-order chi connectivity index (χ0) is 19.4. The molecule has 148 valence electrons. The fourth-order valence-corrected chi connectivity index (χ4v) is 2.97. The van der Waals surface area contributed by atoms with Gasteiger partial charge in [-0.1, -0.05) is 32.8 Å². The highest BCUT2D eigenvalue weighted by atomic mass is 16.5. The number of benzene rings is 1. The molecule has 0 fully saturated rings. The zero-order valence-electron chi connectivity index (χ0n) is 16.9. The Hall–Kier alpha value is -1.95. The minimum absolute atomic E-state index is 0.493. The van der Waals surface area contributed by atoms with Crippen LogP contribution < -0.4 is 20.1 Å². The SMILES string of the molecule is CCCC(O)(CCC)CNC(=NCc1ccc(OC)c(OC)c1)NCC. The molecule has 0 saturated carbocycles. The standard InChI is InChI=1S/C20H35N3O3/c1-6-11-20(24,12-7-2)15-23-19(21-8-3)22-14-16-9-10-17(25-4)18(13-16)26-5/h9-10,13,24H,6-8,11-12,14-15H2,1-5H3,(H2,21,22,23). The monoisotopic (exact) mass is 365 g/mol. The highest BCUT2D eigenvalue weighted by molar-refractivity contribution is 5.79. The van der Waals surface area contributed by atoms with Gasteiger partial charge in [0, 0.05) is 13.1 Å². The van der Waals surface area contributed by atoms with Gasteiger partial charge in [0.15, 0.2) is 17.5 Å². The predicted molar refractivity (Wildman–Crippen MR) is 107 cm³/mol. The van der Waals surface area contributed by atoms with Gasteiger partial charge in [-0.3, -0.25) is 0 Å². The molecule has 0 aliphatic rings. The molecule has 3 N–H and O–H groups in total. The third kappa shape index (κ3) is 7.12. The van der Waals surface area contributed by atoms with Crippen molar-refractivity contribution in [2.45, 2.75) is 58.6 Å². The molecule has 1 aromatic rings. The summed E-state index contributed by atoms with van der Waals surface area (Å²) in [5, 5.41) is 17.3. The molecule has 0 aliphatic heterocycles. The number of methoxy groups -OCH3 is 2. The summed E-state index contributed by atoms with van der Waals surface area (Å²) in [6, 6.07) is 5.78. The van der Waals surface area contributed by atoms with Crippen LogP contribution in [0.1, 0.15) is 52.0 Å². The molecular weight excluding hydrogens is 330 g/mol. The fraction of sp³-hybridized carbons (Fsp3) is 0.650. The molecule has 0 amide bonds. The van der Waals surface area contributed by atoms with Gasteiger partial charge < -0.3 is 25.2 Å². The number of nitrogens with zero attached hydrogens (tertiary/aromatic N) is 1. The van der Waals surface area contributed by atoms with Crippen LogP contribution in [-0.2, 0) is 6.54 Å². The lowest BCUT2D eigenvalue weighted by molar-refractivity contribution is 0.0257. The second-order valence-corrected chi connectivity index (χ2v) is 6.46. The largest absolute Gasteiger partial charge is 0.493 e. The van der Waals surface area contributed by atoms with Crippen molar-refractivity contribution in [1.82, 2.24) is 10.6 Å². The Morgan fingerprint density at radius 3 is 2.23 bits per heavy atom. The molecule has 0 aliphatic carbocycles. The van der Waals surface area contributed by atoms with Gasteiger partial charge in [0.2, 0.25) is 0 Å². The molecule has 1 rings (SSSR count). The van der Waals surface area contributed by atoms with Crippen molar-refractivity contribution < 1.29 is 14.6 Å². The van der Waals surface area contributed by atoms with E-state index in [0.29, 0.717) is 30.5 Å². The maximum absolute atomic E-state index is 10.8. The van der Waals surface area contributed by atoms with Crippen LogP contribution >= 0.6 is 0 Å². The molecule has 26 heavy (non-hydrogen) atoms. The Balaban J connectivity index is 2.79. The van der Waals surface area contributed by atoms with Gasteiger partial charge in [-0.25, -0.2) is 4.99 Å². The van der Waals surface area contributed by atoms with Crippen molar-refractivity contribution in [3.05, 3.63) is 23.8 Å². The van der Waals surface area contributed by atoms with Crippen LogP contribution in [0.4, 0.5) is 0 Å². The zero-order valence-corrected chi connectivity index (χ0v) is 16.9. The maximum Gasteiger partial charge on any atom is 0.191 e. The van der Waals surface area contributed by atoms with Crippen LogP contribution in [0.3, 0.4) is 0 Å². The van der Waals surface area contributed by atoms with Crippen molar-refractivity contribution in [2.24, 2.45) is 4.99 Å². The topological polar surface area (TPSA) is 75.1 Å². The Kier molecular flexibility index (Phi) is 9.88. The van der Waals surface area contributed by atoms with E-state index < -0.39 is 5.60 Å². The Morgan fingerprint density at radius 2 is 1.69 bits per heavy atom. The van der Waals surface area contributed by atoms with E-state index in [1.165, 1.54) is 0 Å². The molecule has 6 heteroatoms. The summed E-state index contributed by atoms with van der Waals surface area (Å²) in [7, 11) is 3.25. The number of ether oxygens (including phenoxy) is 2. The Labute approximate surface area is 158 Å². The van der Waals surface area contributed by atoms with E-state index in [0.717, 1.165) is 37.8 Å². The molecule has 0 heterocycles. The molecule has 0 saturated heterocycles. The minimum atomic E-state index is -0.691. The molecule has 0 unspecified atom stereocenters. The number of rotatable bonds is 11. The normalized spacial score (nSPS) is 12.0. The lowest BCUT2D eigenvalue weighted by Crippen LogP contribution is -2.47. The number of nitrogens with one attached hydrogen (secondary N) is 2. The number of aliphatic imine (C=N–C) groups is 1. The van der Waals surface area contributed by atoms with Crippen molar-refractivity contribution in [3.8, 4) is 11.5 Å². The van der Waals surface area contributed by atoms with Crippen LogP contribution in [0.2, 0.25) is 0 Å². The highest BCUT2D eigenvalue weighted by Gasteiger charge is 2.24. The van der Waals surface area contributed by atoms with Gasteiger partial charge in [0.25, 0.3) is 0 Å². The molecule has 0 bridgehead atoms. The van der Waals surface area contributed by atoms with E-state index in [1.807, 2.05) is 25.1 Å². The fourth-order valence-electron chi connectivity index (χ4n) is 2.97. The average Bonchev–Trinajstić information content (AvgIpc) is 2.64. The summed E-state index contributed by atoms with van der Waals surface area (Å²) in [6.45, 7) is 7.98. The van der Waals surface area contributed by atoms with E-state index in [9.17, 15) is 5.11 Å². The lowest BCUT2D eigenvalue weighted by atomic mass is 9.93. The van der Waals surface area contributed by atoms with E-state index in [2.05, 4.69) is 29.5 Å². The van der Waals surface area contributed by atoms with Crippen LogP contribution in [0.25, 0.3) is 0 Å². The van der Waals surface area contributed by atoms with Gasteiger partial charge in [-0.15, -0.1) is 0 Å². The van der Waals surface area contributed by atoms with E-state index in [-0.39, 0.29) is 0 Å². The first-order chi connectivity index (χ1) is 12.5. The molecule has 0 spiro atoms. The van der Waals surface area contributed by atoms with Crippen molar-refractivity contribution in [3.63, 3.8) is 0 Å². The van der Waals surface area contributed by atoms with E-state index in [4.69, 9.17) is 9.47 Å². The second kappa shape index (κ2) is 11.6. The van der Waals surface area contributed by atoms with Gasteiger partial charge in [0.05, 0.1) is 26.4 Å². The van der Waals surface area contributed by atoms with Gasteiger partial charge in [0.1, 0.15) is 0 Å². The van der Waals surface area contributed by atoms with Gasteiger partial charge in [-0.05, 0) is 37.5 Å². The predicted octanol–water partition coefficient (Wildman–Crippen LogP) is 3.09. The van der Waals surface area contributed by atoms with Crippen LogP contribution in [0, 0.1) is 0 Å². The van der Waals surface area contributed by atoms with Crippen molar-refractivity contribution in [2.75, 3.05) is 27.3 Å². The number of guanidine groups is 1. The molecule has 0 radical (unpaired) electrons.